The number of imidazole rings is 1. The highest BCUT2D eigenvalue weighted by Gasteiger charge is 2.54. The molecule has 20 unspecified atom stereocenters. The quantitative estimate of drug-likeness (QED) is 0.0190. The summed E-state index contributed by atoms with van der Waals surface area (Å²) in [6, 6.07) is -7.89. The minimum absolute atomic E-state index is 0.0272. The molecule has 2 aliphatic heterocycles. The lowest BCUT2D eigenvalue weighted by molar-refractivity contribution is -0.372. The molecule has 2 fully saturated rings. The lowest BCUT2D eigenvalue weighted by Gasteiger charge is -2.47. The number of primary amides is 3. The third kappa shape index (κ3) is 20.5. The van der Waals surface area contributed by atoms with Crippen molar-refractivity contribution in [1.29, 1.82) is 0 Å². The van der Waals surface area contributed by atoms with E-state index in [2.05, 4.69) is 61.8 Å². The Kier molecular flexibility index (Phi) is 28.8. The van der Waals surface area contributed by atoms with E-state index in [1.165, 1.54) is 50.4 Å². The van der Waals surface area contributed by atoms with Gasteiger partial charge in [-0.05, 0) is 27.2 Å². The van der Waals surface area contributed by atoms with Crippen LogP contribution >= 0.6 is 22.7 Å². The van der Waals surface area contributed by atoms with Gasteiger partial charge in [-0.2, -0.15) is 0 Å². The van der Waals surface area contributed by atoms with E-state index < -0.39 is 199 Å². The van der Waals surface area contributed by atoms with E-state index in [9.17, 15) is 78.6 Å². The number of thiazole rings is 2. The van der Waals surface area contributed by atoms with E-state index in [-0.39, 0.29) is 48.1 Å². The number of anilines is 1. The number of aliphatic hydroxyl groups excluding tert-OH is 8. The fraction of sp³-hybridized carbons (Fsp3) is 0.611. The van der Waals surface area contributed by atoms with Crippen molar-refractivity contribution in [3.05, 3.63) is 56.8 Å². The van der Waals surface area contributed by atoms with Gasteiger partial charge in [0.2, 0.25) is 29.5 Å². The number of nitrogens with one attached hydrogen (secondary N) is 7. The first-order valence-electron chi connectivity index (χ1n) is 29.6. The summed E-state index contributed by atoms with van der Waals surface area (Å²) in [5.74, 6) is -8.42. The van der Waals surface area contributed by atoms with Crippen molar-refractivity contribution >= 4 is 86.7 Å². The molecule has 0 bridgehead atoms. The van der Waals surface area contributed by atoms with Crippen LogP contribution < -0.4 is 60.6 Å². The summed E-state index contributed by atoms with van der Waals surface area (Å²) in [5.41, 5.74) is 27.9. The molecule has 96 heavy (non-hydrogen) atoms. The first-order valence-corrected chi connectivity index (χ1v) is 33.1. The lowest BCUT2D eigenvalue weighted by atomic mass is 9.96. The maximum atomic E-state index is 15.2. The zero-order valence-corrected chi connectivity index (χ0v) is 54.7. The molecule has 0 spiro atoms. The second-order valence-corrected chi connectivity index (χ2v) is 25.8. The number of H-pyrrole nitrogens is 1. The SMILES string of the molecule is Cc1c(N)nc(C(CC(N)=O)NCC(N)C(N)=O)nc1C(=O)NC(C(=O)NC(C)C(O)C(C)C(=O)NC(C(=O)NCCc1nc(-c2nc(C(=O)NCCCS(C)=O)cs2)cs1)C(C)O)C(OC1OC(CO)C(O)C(O)C1OC1OC(CO)C(O)C(OC(N)=O)C1O)c1cnc[nH]1. The third-order valence-electron chi connectivity index (χ3n) is 15.2. The van der Waals surface area contributed by atoms with Crippen molar-refractivity contribution in [3.8, 4) is 10.7 Å². The van der Waals surface area contributed by atoms with Gasteiger partial charge in [0.25, 0.3) is 11.8 Å². The molecule has 39 nitrogen and oxygen atoms in total. The highest BCUT2D eigenvalue weighted by Crippen LogP contribution is 2.35. The minimum Gasteiger partial charge on any atom is -0.441 e. The number of hydrogen-bond acceptors (Lipinski definition) is 32. The Balaban J connectivity index is 1.26. The van der Waals surface area contributed by atoms with Crippen LogP contribution in [0, 0.1) is 12.8 Å². The van der Waals surface area contributed by atoms with Crippen molar-refractivity contribution in [2.75, 3.05) is 50.6 Å². The number of ether oxygens (including phenoxy) is 5. The number of aromatic nitrogens is 6. The van der Waals surface area contributed by atoms with E-state index in [1.54, 1.807) is 17.0 Å². The minimum atomic E-state index is -2.20. The number of nitrogens with two attached hydrogens (primary N) is 5. The Bertz CT molecular complexity index is 3330. The van der Waals surface area contributed by atoms with Crippen LogP contribution in [0.5, 0.6) is 0 Å². The number of aliphatic hydroxyl groups is 8. The fourth-order valence-electron chi connectivity index (χ4n) is 9.71. The van der Waals surface area contributed by atoms with Crippen LogP contribution in [0.3, 0.4) is 0 Å². The summed E-state index contributed by atoms with van der Waals surface area (Å²) in [4.78, 5) is 130. The van der Waals surface area contributed by atoms with Crippen LogP contribution in [0.15, 0.2) is 23.3 Å². The van der Waals surface area contributed by atoms with E-state index in [4.69, 9.17) is 52.4 Å². The Morgan fingerprint density at radius 1 is 0.792 bits per heavy atom. The topological polar surface area (TPSA) is 644 Å². The van der Waals surface area contributed by atoms with Gasteiger partial charge in [-0.1, -0.05) is 6.92 Å². The van der Waals surface area contributed by atoms with E-state index in [1.807, 2.05) is 0 Å². The van der Waals surface area contributed by atoms with Crippen molar-refractivity contribution in [2.24, 2.45) is 28.9 Å². The average molecular weight is 1420 g/mol. The smallest absolute Gasteiger partial charge is 0.404 e. The molecule has 6 heterocycles. The Hall–Kier alpha value is -7.50. The first-order chi connectivity index (χ1) is 45.3. The molecule has 2 aliphatic rings. The normalized spacial score (nSPS) is 24.3. The maximum absolute atomic E-state index is 15.2. The summed E-state index contributed by atoms with van der Waals surface area (Å²) in [6.07, 6.45) is -23.1. The number of nitrogens with zero attached hydrogens (tertiary/aromatic N) is 5. The Morgan fingerprint density at radius 2 is 1.48 bits per heavy atom. The van der Waals surface area contributed by atoms with Crippen molar-refractivity contribution in [3.63, 3.8) is 0 Å². The zero-order chi connectivity index (χ0) is 71.0. The van der Waals surface area contributed by atoms with Gasteiger partial charge in [0.1, 0.15) is 94.6 Å². The molecule has 20 atom stereocenters. The molecule has 4 aromatic heterocycles. The molecule has 25 N–H and O–H groups in total. The number of rotatable bonds is 35. The molecule has 0 aromatic carbocycles. The standard InChI is InChI=1S/C54H81N17O22S3/c1-19-32(68-45(71-43(19)57)24(11-30(56)75)63-12-23(55)44(58)81)49(85)70-34(40(25-13-60-18-64-25)91-53-42(38(79)36(77)28(14-72)90-53)92-52-39(80)41(93-54(59)87)37(78)29(15-73)89-52)50(86)65-21(3)35(76)20(2)46(82)69-33(22(4)74)48(84)62-9-7-31-66-27(17-94-31)51-67-26(16-95-51)47(83)61-8-6-10-96(5)88/h13,16-18,20-24,28-29,33-42,52-53,63,72-74,76-80H,6-12,14-15,55H2,1-5H3,(H2,56,75)(H2,58,81)(H2,59,87)(H,60,64)(H,61,83)(H,62,84)(H,65,86)(H,69,82)(H,70,85)(H2,57,68,71). The van der Waals surface area contributed by atoms with Crippen LogP contribution in [0.25, 0.3) is 10.7 Å². The maximum Gasteiger partial charge on any atom is 0.404 e. The molecule has 532 valence electrons. The van der Waals surface area contributed by atoms with E-state index in [0.29, 0.717) is 34.4 Å². The highest BCUT2D eigenvalue weighted by atomic mass is 32.2. The molecule has 0 aliphatic carbocycles. The van der Waals surface area contributed by atoms with Gasteiger partial charge < -0.3 is 130 Å². The molecule has 0 saturated carbocycles. The van der Waals surface area contributed by atoms with Crippen molar-refractivity contribution < 1.29 is 107 Å². The van der Waals surface area contributed by atoms with Crippen molar-refractivity contribution in [1.82, 2.24) is 61.8 Å². The predicted octanol–water partition coefficient (Wildman–Crippen LogP) is -8.20. The molecule has 42 heteroatoms. The van der Waals surface area contributed by atoms with Gasteiger partial charge in [-0.3, -0.25) is 37.8 Å². The van der Waals surface area contributed by atoms with Gasteiger partial charge in [0, 0.05) is 71.6 Å². The van der Waals surface area contributed by atoms with Crippen molar-refractivity contribution in [2.45, 2.75) is 157 Å². The number of aromatic amines is 1. The Morgan fingerprint density at radius 3 is 2.10 bits per heavy atom. The summed E-state index contributed by atoms with van der Waals surface area (Å²) in [6.45, 7) is 2.90. The van der Waals surface area contributed by atoms with Gasteiger partial charge >= 0.3 is 6.09 Å². The molecule has 2 saturated heterocycles. The second-order valence-electron chi connectivity index (χ2n) is 22.4. The van der Waals surface area contributed by atoms with Gasteiger partial charge in [-0.15, -0.1) is 22.7 Å². The summed E-state index contributed by atoms with van der Waals surface area (Å²) in [5, 5.41) is 108. The number of carbonyl (C=O) groups excluding carboxylic acids is 8. The van der Waals surface area contributed by atoms with Crippen LogP contribution in [0.4, 0.5) is 10.6 Å². The molecule has 0 radical (unpaired) electrons. The fourth-order valence-corrected chi connectivity index (χ4v) is 11.9. The summed E-state index contributed by atoms with van der Waals surface area (Å²) < 4.78 is 40.0. The monoisotopic (exact) mass is 1420 g/mol. The highest BCUT2D eigenvalue weighted by molar-refractivity contribution is 7.84. The van der Waals surface area contributed by atoms with E-state index in [0.717, 1.165) is 12.5 Å². The largest absolute Gasteiger partial charge is 0.441 e. The molecular formula is C54H81N17O22S3. The lowest BCUT2D eigenvalue weighted by Crippen LogP contribution is -2.65. The van der Waals surface area contributed by atoms with E-state index >= 15 is 4.79 Å². The molecule has 8 amide bonds. The number of amides is 8. The molecular weight excluding hydrogens is 1330 g/mol. The predicted molar refractivity (Wildman–Crippen MR) is 334 cm³/mol. The van der Waals surface area contributed by atoms with Crippen LogP contribution in [0.2, 0.25) is 0 Å². The number of nitrogen functional groups attached to an aromatic ring is 1. The molecule has 4 aromatic rings. The van der Waals surface area contributed by atoms with Gasteiger partial charge in [-0.25, -0.2) is 29.7 Å². The van der Waals surface area contributed by atoms with Crippen LogP contribution in [-0.2, 0) is 64.9 Å². The average Bonchev–Trinajstić information content (AvgIpc) is 0.885. The van der Waals surface area contributed by atoms with Crippen LogP contribution in [-0.4, -0.2) is 265 Å². The summed E-state index contributed by atoms with van der Waals surface area (Å²) >= 11 is 2.44. The van der Waals surface area contributed by atoms with Gasteiger partial charge in [0.05, 0.1) is 72.7 Å². The second kappa shape index (κ2) is 35.7. The molecule has 6 rings (SSSR count). The number of carbonyl (C=O) groups is 8. The Labute approximate surface area is 557 Å². The number of hydrogen-bond donors (Lipinski definition) is 20. The first kappa shape index (κ1) is 77.5. The van der Waals surface area contributed by atoms with Gasteiger partial charge in [0.15, 0.2) is 18.7 Å². The summed E-state index contributed by atoms with van der Waals surface area (Å²) in [7, 11) is -0.996. The van der Waals surface area contributed by atoms with Crippen LogP contribution in [0.1, 0.15) is 88.8 Å². The third-order valence-corrected chi connectivity index (χ3v) is 17.8. The zero-order valence-electron chi connectivity index (χ0n) is 52.3.